The molecule has 0 heterocycles. The molecule has 0 saturated heterocycles. The van der Waals surface area contributed by atoms with Crippen LogP contribution in [0.15, 0.2) is 84.9 Å². The predicted molar refractivity (Wildman–Crippen MR) is 164 cm³/mol. The summed E-state index contributed by atoms with van der Waals surface area (Å²) in [7, 11) is 0. The highest BCUT2D eigenvalue weighted by molar-refractivity contribution is 6.15. The Bertz CT molecular complexity index is 1780. The highest BCUT2D eigenvalue weighted by atomic mass is 14.2. The van der Waals surface area contributed by atoms with Gasteiger partial charge in [0.05, 0.1) is 0 Å². The van der Waals surface area contributed by atoms with Crippen LogP contribution in [0.1, 0.15) is 50.7 Å². The number of benzene rings is 6. The Labute approximate surface area is 224 Å². The molecule has 7 aromatic carbocycles. The molecular weight excluding hydrogens is 456 g/mol. The predicted octanol–water partition coefficient (Wildman–Crippen LogP) is 10.6. The van der Waals surface area contributed by atoms with E-state index in [1.54, 1.807) is 0 Å². The van der Waals surface area contributed by atoms with Gasteiger partial charge in [-0.25, -0.2) is 0 Å². The second kappa shape index (κ2) is 8.52. The minimum Gasteiger partial charge on any atom is -0.0610 e. The summed E-state index contributed by atoms with van der Waals surface area (Å²) < 4.78 is 0. The molecule has 180 valence electrons. The van der Waals surface area contributed by atoms with Gasteiger partial charge < -0.3 is 0 Å². The highest BCUT2D eigenvalue weighted by Crippen LogP contribution is 2.38. The second-order valence-electron chi connectivity index (χ2n) is 11.0. The van der Waals surface area contributed by atoms with Crippen LogP contribution in [0.25, 0.3) is 64.6 Å². The quantitative estimate of drug-likeness (QED) is 0.214. The lowest BCUT2D eigenvalue weighted by Gasteiger charge is -2.15. The van der Waals surface area contributed by atoms with Crippen molar-refractivity contribution in [2.45, 2.75) is 39.5 Å². The molecule has 0 unspecified atom stereocenters. The summed E-state index contributed by atoms with van der Waals surface area (Å²) in [4.78, 5) is 0. The third-order valence-corrected chi connectivity index (χ3v) is 7.98. The summed E-state index contributed by atoms with van der Waals surface area (Å²) in [5, 5.41) is 14.2. The van der Waals surface area contributed by atoms with Crippen molar-refractivity contribution in [2.75, 3.05) is 0 Å². The number of rotatable bonds is 2. The molecule has 38 heavy (non-hydrogen) atoms. The van der Waals surface area contributed by atoms with Gasteiger partial charge in [0.2, 0.25) is 0 Å². The minimum atomic E-state index is 0.378. The molecule has 7 rings (SSSR count). The molecule has 0 fully saturated rings. The van der Waals surface area contributed by atoms with Crippen LogP contribution in [-0.2, 0) is 0 Å². The molecule has 0 N–H and O–H groups in total. The van der Waals surface area contributed by atoms with E-state index in [1.165, 1.54) is 54.2 Å². The van der Waals surface area contributed by atoms with Crippen LogP contribution in [0.5, 0.6) is 0 Å². The lowest BCUT2D eigenvalue weighted by molar-refractivity contribution is 0.885. The van der Waals surface area contributed by atoms with E-state index in [4.69, 9.17) is 0 Å². The molecular formula is C38H28. The van der Waals surface area contributed by atoms with Crippen molar-refractivity contribution in [3.63, 3.8) is 0 Å². The topological polar surface area (TPSA) is 0 Å². The summed E-state index contributed by atoms with van der Waals surface area (Å²) in [6.45, 7) is 9.12. The van der Waals surface area contributed by atoms with Crippen LogP contribution in [-0.4, -0.2) is 0 Å². The fourth-order valence-corrected chi connectivity index (χ4v) is 6.35. The molecule has 0 atom stereocenters. The Morgan fingerprint density at radius 3 is 0.868 bits per heavy atom. The SMILES string of the molecule is CC(C)c1c2cccc3c#cc4cccc5c(C(C)C)c6cccc(c#cc7cccc1c7cc32)c6cc45. The maximum Gasteiger partial charge on any atom is 0.0327 e. The standard InChI is InChI=1S/C38H28/c1-23(2)37-29-13-5-9-25-17-19-27-11-7-15-31-35(27)22-36-28(12-8-16-32(36)38(31)24(3)4)20-18-26-10-6-14-30(37)34(26)21-33(25)29/h5-16,21-24H,1-4H3. The van der Waals surface area contributed by atoms with Gasteiger partial charge in [-0.15, -0.1) is 0 Å². The van der Waals surface area contributed by atoms with Gasteiger partial charge in [-0.05, 0) is 102 Å². The fraction of sp³-hybridized carbons (Fsp3) is 0.158. The van der Waals surface area contributed by atoms with E-state index in [2.05, 4.69) is 137 Å². The maximum absolute atomic E-state index is 3.59. The maximum atomic E-state index is 3.59. The zero-order chi connectivity index (χ0) is 26.0. The normalized spacial score (nSPS) is 11.7. The average molecular weight is 485 g/mol. The first-order chi connectivity index (χ1) is 18.5. The molecule has 7 aromatic rings. The van der Waals surface area contributed by atoms with Crippen LogP contribution >= 0.6 is 0 Å². The van der Waals surface area contributed by atoms with E-state index in [-0.39, 0.29) is 0 Å². The van der Waals surface area contributed by atoms with Gasteiger partial charge in [0.25, 0.3) is 0 Å². The van der Waals surface area contributed by atoms with Gasteiger partial charge in [-0.1, -0.05) is 100 Å². The van der Waals surface area contributed by atoms with E-state index in [0.717, 1.165) is 21.5 Å². The van der Waals surface area contributed by atoms with Gasteiger partial charge in [-0.3, -0.25) is 0 Å². The molecule has 0 radical (unpaired) electrons. The van der Waals surface area contributed by atoms with E-state index in [1.807, 2.05) is 0 Å². The van der Waals surface area contributed by atoms with Crippen molar-refractivity contribution in [1.29, 1.82) is 0 Å². The van der Waals surface area contributed by atoms with E-state index >= 15 is 0 Å². The monoisotopic (exact) mass is 484 g/mol. The van der Waals surface area contributed by atoms with Crippen molar-refractivity contribution in [2.24, 2.45) is 0 Å². The van der Waals surface area contributed by atoms with E-state index in [9.17, 15) is 0 Å². The minimum absolute atomic E-state index is 0.378. The molecule has 0 nitrogen and oxygen atoms in total. The van der Waals surface area contributed by atoms with Crippen LogP contribution in [0.3, 0.4) is 0 Å². The third-order valence-electron chi connectivity index (χ3n) is 7.98. The van der Waals surface area contributed by atoms with Crippen molar-refractivity contribution < 1.29 is 0 Å². The van der Waals surface area contributed by atoms with Crippen LogP contribution in [0, 0.1) is 24.3 Å². The van der Waals surface area contributed by atoms with E-state index < -0.39 is 0 Å². The molecule has 4 bridgehead atoms. The zero-order valence-electron chi connectivity index (χ0n) is 22.2. The Balaban J connectivity index is 1.79. The summed E-state index contributed by atoms with van der Waals surface area (Å²) in [5.74, 6) is 0.756. The molecule has 0 spiro atoms. The summed E-state index contributed by atoms with van der Waals surface area (Å²) in [6.07, 6.45) is 0. The van der Waals surface area contributed by atoms with Gasteiger partial charge >= 0.3 is 0 Å². The highest BCUT2D eigenvalue weighted by Gasteiger charge is 2.14. The van der Waals surface area contributed by atoms with E-state index in [0.29, 0.717) is 11.8 Å². The molecule has 0 aliphatic heterocycles. The van der Waals surface area contributed by atoms with Gasteiger partial charge in [0.15, 0.2) is 0 Å². The van der Waals surface area contributed by atoms with Crippen LogP contribution < -0.4 is 0 Å². The Kier molecular flexibility index (Phi) is 5.08. The molecule has 0 aliphatic carbocycles. The lowest BCUT2D eigenvalue weighted by atomic mass is 9.88. The lowest BCUT2D eigenvalue weighted by Crippen LogP contribution is -1.93. The molecule has 0 heteroatoms. The Hall–Kier alpha value is -4.52. The fourth-order valence-electron chi connectivity index (χ4n) is 6.35. The Morgan fingerprint density at radius 2 is 0.632 bits per heavy atom. The zero-order valence-corrected chi connectivity index (χ0v) is 22.2. The van der Waals surface area contributed by atoms with Gasteiger partial charge in [-0.2, -0.15) is 0 Å². The first-order valence-electron chi connectivity index (χ1n) is 13.5. The molecule has 0 aromatic heterocycles. The van der Waals surface area contributed by atoms with Crippen LogP contribution in [0.2, 0.25) is 0 Å². The van der Waals surface area contributed by atoms with Gasteiger partial charge in [0.1, 0.15) is 0 Å². The summed E-state index contributed by atoms with van der Waals surface area (Å²) in [6, 6.07) is 45.2. The Morgan fingerprint density at radius 1 is 0.368 bits per heavy atom. The van der Waals surface area contributed by atoms with Crippen molar-refractivity contribution in [1.82, 2.24) is 0 Å². The first kappa shape index (κ1) is 22.7. The van der Waals surface area contributed by atoms with Crippen molar-refractivity contribution >= 4 is 64.6 Å². The third kappa shape index (κ3) is 3.35. The molecule has 0 amide bonds. The first-order valence-corrected chi connectivity index (χ1v) is 13.5. The van der Waals surface area contributed by atoms with Crippen LogP contribution in [0.4, 0.5) is 0 Å². The average Bonchev–Trinajstić information content (AvgIpc) is 2.91. The number of hydrogen-bond acceptors (Lipinski definition) is 0. The van der Waals surface area contributed by atoms with Crippen molar-refractivity contribution in [3.05, 3.63) is 120 Å². The summed E-state index contributed by atoms with van der Waals surface area (Å²) in [5.41, 5.74) is 2.74. The largest absolute Gasteiger partial charge is 0.0610 e. The molecule has 0 aliphatic rings. The number of hydrogen-bond donors (Lipinski definition) is 0. The van der Waals surface area contributed by atoms with Gasteiger partial charge in [0, 0.05) is 21.5 Å². The van der Waals surface area contributed by atoms with Crippen molar-refractivity contribution in [3.8, 4) is 0 Å². The summed E-state index contributed by atoms with van der Waals surface area (Å²) >= 11 is 0. The molecule has 0 saturated carbocycles. The smallest absolute Gasteiger partial charge is 0.0327 e. The second-order valence-corrected chi connectivity index (χ2v) is 11.0.